The molecule has 1 aromatic rings. The molecule has 0 aliphatic carbocycles. The predicted octanol–water partition coefficient (Wildman–Crippen LogP) is 3.12. The molecule has 2 aliphatic heterocycles. The highest BCUT2D eigenvalue weighted by atomic mass is 19.1. The molecule has 0 unspecified atom stereocenters. The van der Waals surface area contributed by atoms with Crippen LogP contribution in [0.3, 0.4) is 0 Å². The summed E-state index contributed by atoms with van der Waals surface area (Å²) in [5, 5.41) is 2.99. The number of amides is 3. The fourth-order valence-electron chi connectivity index (χ4n) is 4.86. The maximum absolute atomic E-state index is 13.8. The lowest BCUT2D eigenvalue weighted by atomic mass is 9.85. The lowest BCUT2D eigenvalue weighted by Gasteiger charge is -2.37. The van der Waals surface area contributed by atoms with Gasteiger partial charge in [0.2, 0.25) is 17.7 Å². The van der Waals surface area contributed by atoms with Crippen LogP contribution in [0.2, 0.25) is 0 Å². The third-order valence-electron chi connectivity index (χ3n) is 7.10. The first-order chi connectivity index (χ1) is 15.9. The zero-order valence-corrected chi connectivity index (χ0v) is 21.1. The summed E-state index contributed by atoms with van der Waals surface area (Å²) in [7, 11) is 0. The number of halogens is 1. The van der Waals surface area contributed by atoms with Gasteiger partial charge in [0.15, 0.2) is 0 Å². The van der Waals surface area contributed by atoms with E-state index in [1.54, 1.807) is 21.9 Å². The van der Waals surface area contributed by atoms with Crippen LogP contribution in [-0.4, -0.2) is 64.8 Å². The smallest absolute Gasteiger partial charge is 0.246 e. The van der Waals surface area contributed by atoms with Crippen molar-refractivity contribution in [2.75, 3.05) is 13.1 Å². The standard InChI is InChI=1S/C26H38FN3O4/c1-7-16(2)24(32)28-23(26(4,5)6)25(33)29-13-12-20-22(29)21(14-30(20)17(3)31)34-15-18-8-10-19(27)11-9-18/h8-11,16,20-23H,7,12-15H2,1-6H3,(H,28,32)/t16-,20-,21+,22+,23-/m1/s1. The summed E-state index contributed by atoms with van der Waals surface area (Å²) in [6, 6.07) is 5.02. The monoisotopic (exact) mass is 475 g/mol. The summed E-state index contributed by atoms with van der Waals surface area (Å²) in [4.78, 5) is 42.4. The Kier molecular flexibility index (Phi) is 8.01. The van der Waals surface area contributed by atoms with Crippen molar-refractivity contribution in [3.05, 3.63) is 35.6 Å². The van der Waals surface area contributed by atoms with E-state index < -0.39 is 11.5 Å². The zero-order valence-electron chi connectivity index (χ0n) is 21.1. The van der Waals surface area contributed by atoms with Crippen molar-refractivity contribution in [3.63, 3.8) is 0 Å². The van der Waals surface area contributed by atoms with Crippen molar-refractivity contribution in [1.29, 1.82) is 0 Å². The third-order valence-corrected chi connectivity index (χ3v) is 7.10. The molecule has 0 saturated carbocycles. The van der Waals surface area contributed by atoms with Gasteiger partial charge in [-0.3, -0.25) is 14.4 Å². The normalized spacial score (nSPS) is 24.0. The molecule has 0 bridgehead atoms. The molecule has 0 aromatic heterocycles. The van der Waals surface area contributed by atoms with E-state index in [-0.39, 0.29) is 54.3 Å². The fraction of sp³-hybridized carbons (Fsp3) is 0.654. The summed E-state index contributed by atoms with van der Waals surface area (Å²) < 4.78 is 19.5. The van der Waals surface area contributed by atoms with E-state index in [1.807, 2.05) is 34.6 Å². The van der Waals surface area contributed by atoms with Crippen molar-refractivity contribution in [1.82, 2.24) is 15.1 Å². The Hall–Kier alpha value is -2.48. The molecule has 2 saturated heterocycles. The Morgan fingerprint density at radius 2 is 1.82 bits per heavy atom. The number of likely N-dealkylation sites (tertiary alicyclic amines) is 2. The van der Waals surface area contributed by atoms with Gasteiger partial charge >= 0.3 is 0 Å². The van der Waals surface area contributed by atoms with Crippen LogP contribution in [0.1, 0.15) is 59.9 Å². The average Bonchev–Trinajstić information content (AvgIpc) is 3.36. The van der Waals surface area contributed by atoms with Crippen LogP contribution < -0.4 is 5.32 Å². The Morgan fingerprint density at radius 3 is 2.38 bits per heavy atom. The molecule has 2 fully saturated rings. The fourth-order valence-corrected chi connectivity index (χ4v) is 4.86. The number of hydrogen-bond acceptors (Lipinski definition) is 4. The highest BCUT2D eigenvalue weighted by Gasteiger charge is 2.53. The Balaban J connectivity index is 1.82. The first-order valence-corrected chi connectivity index (χ1v) is 12.2. The lowest BCUT2D eigenvalue weighted by Crippen LogP contribution is -2.58. The summed E-state index contributed by atoms with van der Waals surface area (Å²) >= 11 is 0. The molecule has 7 nitrogen and oxygen atoms in total. The summed E-state index contributed by atoms with van der Waals surface area (Å²) in [5.74, 6) is -0.817. The van der Waals surface area contributed by atoms with Crippen LogP contribution in [0.5, 0.6) is 0 Å². The largest absolute Gasteiger partial charge is 0.369 e. The van der Waals surface area contributed by atoms with Crippen LogP contribution >= 0.6 is 0 Å². The molecule has 8 heteroatoms. The Morgan fingerprint density at radius 1 is 1.18 bits per heavy atom. The van der Waals surface area contributed by atoms with E-state index in [0.29, 0.717) is 25.9 Å². The van der Waals surface area contributed by atoms with Gasteiger partial charge in [0.05, 0.1) is 24.8 Å². The van der Waals surface area contributed by atoms with Crippen LogP contribution in [0.25, 0.3) is 0 Å². The van der Waals surface area contributed by atoms with E-state index in [2.05, 4.69) is 5.32 Å². The van der Waals surface area contributed by atoms with Gasteiger partial charge in [-0.25, -0.2) is 4.39 Å². The minimum absolute atomic E-state index is 0.0466. The second-order valence-corrected chi connectivity index (χ2v) is 10.6. The summed E-state index contributed by atoms with van der Waals surface area (Å²) in [5.41, 5.74) is 0.338. The second-order valence-electron chi connectivity index (χ2n) is 10.6. The third kappa shape index (κ3) is 5.59. The Bertz CT molecular complexity index is 898. The SMILES string of the molecule is CC[C@@H](C)C(=O)N[C@H](C(=O)N1CC[C@@H]2[C@H]1[C@@H](OCc1ccc(F)cc1)CN2C(C)=O)C(C)(C)C. The van der Waals surface area contributed by atoms with Gasteiger partial charge in [-0.05, 0) is 36.0 Å². The molecule has 2 heterocycles. The highest BCUT2D eigenvalue weighted by molar-refractivity contribution is 5.89. The number of rotatable bonds is 7. The lowest BCUT2D eigenvalue weighted by molar-refractivity contribution is -0.143. The maximum Gasteiger partial charge on any atom is 0.246 e. The number of benzene rings is 1. The van der Waals surface area contributed by atoms with Crippen molar-refractivity contribution in [2.45, 2.75) is 85.2 Å². The van der Waals surface area contributed by atoms with Gasteiger partial charge in [0.25, 0.3) is 0 Å². The minimum Gasteiger partial charge on any atom is -0.369 e. The van der Waals surface area contributed by atoms with Gasteiger partial charge in [0.1, 0.15) is 11.9 Å². The molecule has 3 rings (SSSR count). The predicted molar refractivity (Wildman–Crippen MR) is 127 cm³/mol. The molecule has 0 spiro atoms. The molecule has 1 N–H and O–H groups in total. The Labute approximate surface area is 202 Å². The van der Waals surface area contributed by atoms with E-state index in [1.165, 1.54) is 19.1 Å². The van der Waals surface area contributed by atoms with Crippen molar-refractivity contribution >= 4 is 17.7 Å². The number of carbonyl (C=O) groups excluding carboxylic acids is 3. The number of hydrogen-bond donors (Lipinski definition) is 1. The average molecular weight is 476 g/mol. The number of fused-ring (bicyclic) bond motifs is 1. The van der Waals surface area contributed by atoms with Crippen LogP contribution in [0.4, 0.5) is 4.39 Å². The zero-order chi connectivity index (χ0) is 25.2. The molecular weight excluding hydrogens is 437 g/mol. The molecule has 34 heavy (non-hydrogen) atoms. The maximum atomic E-state index is 13.8. The van der Waals surface area contributed by atoms with E-state index >= 15 is 0 Å². The molecule has 0 radical (unpaired) electrons. The molecule has 3 amide bonds. The van der Waals surface area contributed by atoms with E-state index in [4.69, 9.17) is 4.74 Å². The summed E-state index contributed by atoms with van der Waals surface area (Å²) in [6.07, 6.45) is 0.997. The molecule has 188 valence electrons. The summed E-state index contributed by atoms with van der Waals surface area (Å²) in [6.45, 7) is 12.3. The first-order valence-electron chi connectivity index (χ1n) is 12.2. The van der Waals surface area contributed by atoms with E-state index in [0.717, 1.165) is 5.56 Å². The van der Waals surface area contributed by atoms with E-state index in [9.17, 15) is 18.8 Å². The number of ether oxygens (including phenoxy) is 1. The van der Waals surface area contributed by atoms with Gasteiger partial charge in [-0.2, -0.15) is 0 Å². The quantitative estimate of drug-likeness (QED) is 0.657. The van der Waals surface area contributed by atoms with Crippen molar-refractivity contribution in [2.24, 2.45) is 11.3 Å². The number of carbonyl (C=O) groups is 3. The van der Waals surface area contributed by atoms with Crippen molar-refractivity contribution < 1.29 is 23.5 Å². The second kappa shape index (κ2) is 10.4. The minimum atomic E-state index is -0.683. The first kappa shape index (κ1) is 26.1. The van der Waals surface area contributed by atoms with Gasteiger partial charge in [0, 0.05) is 25.9 Å². The molecule has 2 aliphatic rings. The topological polar surface area (TPSA) is 79.0 Å². The molecular formula is C26H38FN3O4. The van der Waals surface area contributed by atoms with Gasteiger partial charge < -0.3 is 19.9 Å². The highest BCUT2D eigenvalue weighted by Crippen LogP contribution is 2.36. The van der Waals surface area contributed by atoms with Crippen LogP contribution in [0, 0.1) is 17.2 Å². The van der Waals surface area contributed by atoms with Crippen molar-refractivity contribution in [3.8, 4) is 0 Å². The number of nitrogens with zero attached hydrogens (tertiary/aromatic N) is 2. The number of nitrogens with one attached hydrogen (secondary N) is 1. The van der Waals surface area contributed by atoms with Gasteiger partial charge in [-0.1, -0.05) is 46.8 Å². The molecule has 5 atom stereocenters. The van der Waals surface area contributed by atoms with Gasteiger partial charge in [-0.15, -0.1) is 0 Å². The molecule has 1 aromatic carbocycles. The van der Waals surface area contributed by atoms with Crippen LogP contribution in [0.15, 0.2) is 24.3 Å². The van der Waals surface area contributed by atoms with Crippen LogP contribution in [-0.2, 0) is 25.7 Å².